The van der Waals surface area contributed by atoms with Crippen LogP contribution in [0, 0.1) is 11.8 Å². The zero-order chi connectivity index (χ0) is 13.1. The van der Waals surface area contributed by atoms with E-state index in [1.54, 1.807) is 0 Å². The first-order chi connectivity index (χ1) is 8.45. The van der Waals surface area contributed by atoms with Gasteiger partial charge in [0.05, 0.1) is 11.5 Å². The summed E-state index contributed by atoms with van der Waals surface area (Å²) in [6.07, 6.45) is 5.17. The Morgan fingerprint density at radius 1 is 1.44 bits per heavy atom. The van der Waals surface area contributed by atoms with E-state index in [-0.39, 0.29) is 23.9 Å². The van der Waals surface area contributed by atoms with Crippen molar-refractivity contribution in [3.63, 3.8) is 0 Å². The summed E-state index contributed by atoms with van der Waals surface area (Å²) in [5.74, 6) is -0.419. The highest BCUT2D eigenvalue weighted by Gasteiger charge is 2.55. The SMILES string of the molecule is C=C1C(=O)OC2C1CC=C(C)C1(O)CC=C(C)C21. The molecule has 0 aromatic heterocycles. The minimum atomic E-state index is -0.881. The molecule has 0 spiro atoms. The molecule has 1 aliphatic heterocycles. The lowest BCUT2D eigenvalue weighted by molar-refractivity contribution is -0.143. The van der Waals surface area contributed by atoms with Gasteiger partial charge in [-0.25, -0.2) is 4.79 Å². The van der Waals surface area contributed by atoms with E-state index < -0.39 is 5.60 Å². The van der Waals surface area contributed by atoms with Gasteiger partial charge < -0.3 is 9.84 Å². The molecule has 3 nitrogen and oxygen atoms in total. The maximum Gasteiger partial charge on any atom is 0.334 e. The predicted molar refractivity (Wildman–Crippen MR) is 67.7 cm³/mol. The van der Waals surface area contributed by atoms with Gasteiger partial charge in [0, 0.05) is 11.5 Å². The van der Waals surface area contributed by atoms with Crippen LogP contribution in [0.3, 0.4) is 0 Å². The second kappa shape index (κ2) is 3.58. The number of allylic oxidation sites excluding steroid dienone is 1. The Hall–Kier alpha value is -1.35. The normalized spacial score (nSPS) is 42.7. The molecular weight excluding hydrogens is 228 g/mol. The molecule has 18 heavy (non-hydrogen) atoms. The molecule has 4 unspecified atom stereocenters. The zero-order valence-electron chi connectivity index (χ0n) is 10.8. The van der Waals surface area contributed by atoms with Gasteiger partial charge in [-0.2, -0.15) is 0 Å². The number of rotatable bonds is 0. The first-order valence-corrected chi connectivity index (χ1v) is 6.41. The highest BCUT2D eigenvalue weighted by molar-refractivity contribution is 5.91. The minimum absolute atomic E-state index is 0.00734. The molecule has 3 rings (SSSR count). The maximum atomic E-state index is 11.7. The van der Waals surface area contributed by atoms with E-state index in [9.17, 15) is 9.90 Å². The molecule has 1 heterocycles. The van der Waals surface area contributed by atoms with Crippen LogP contribution in [0.25, 0.3) is 0 Å². The lowest BCUT2D eigenvalue weighted by atomic mass is 9.76. The summed E-state index contributed by atoms with van der Waals surface area (Å²) in [5.41, 5.74) is 1.77. The summed E-state index contributed by atoms with van der Waals surface area (Å²) in [5, 5.41) is 10.9. The summed E-state index contributed by atoms with van der Waals surface area (Å²) >= 11 is 0. The van der Waals surface area contributed by atoms with Crippen LogP contribution in [0.15, 0.2) is 35.5 Å². The minimum Gasteiger partial charge on any atom is -0.458 e. The van der Waals surface area contributed by atoms with Crippen molar-refractivity contribution in [2.75, 3.05) is 0 Å². The molecule has 1 fully saturated rings. The van der Waals surface area contributed by atoms with Crippen molar-refractivity contribution in [3.8, 4) is 0 Å². The van der Waals surface area contributed by atoms with E-state index in [1.165, 1.54) is 0 Å². The van der Waals surface area contributed by atoms with E-state index in [1.807, 2.05) is 19.9 Å². The Bertz CT molecular complexity index is 500. The van der Waals surface area contributed by atoms with Crippen LogP contribution in [-0.4, -0.2) is 22.8 Å². The molecule has 0 bridgehead atoms. The fourth-order valence-corrected chi connectivity index (χ4v) is 3.57. The highest BCUT2D eigenvalue weighted by atomic mass is 16.6. The Kier molecular flexibility index (Phi) is 2.33. The Labute approximate surface area is 107 Å². The van der Waals surface area contributed by atoms with Crippen molar-refractivity contribution in [2.24, 2.45) is 11.8 Å². The van der Waals surface area contributed by atoms with Gasteiger partial charge in [-0.05, 0) is 32.3 Å². The largest absolute Gasteiger partial charge is 0.458 e. The molecule has 1 saturated heterocycles. The number of carbonyl (C=O) groups excluding carboxylic acids is 1. The van der Waals surface area contributed by atoms with Crippen LogP contribution >= 0.6 is 0 Å². The van der Waals surface area contributed by atoms with Gasteiger partial charge in [0.1, 0.15) is 6.10 Å². The van der Waals surface area contributed by atoms with Crippen molar-refractivity contribution in [1.29, 1.82) is 0 Å². The van der Waals surface area contributed by atoms with Crippen molar-refractivity contribution in [2.45, 2.75) is 38.4 Å². The smallest absolute Gasteiger partial charge is 0.334 e. The molecule has 4 atom stereocenters. The van der Waals surface area contributed by atoms with E-state index in [2.05, 4.69) is 12.7 Å². The zero-order valence-corrected chi connectivity index (χ0v) is 10.8. The summed E-state index contributed by atoms with van der Waals surface area (Å²) in [7, 11) is 0. The lowest BCUT2D eigenvalue weighted by Gasteiger charge is -2.35. The van der Waals surface area contributed by atoms with Gasteiger partial charge in [-0.3, -0.25) is 0 Å². The third-order valence-electron chi connectivity index (χ3n) is 4.78. The molecule has 0 aromatic carbocycles. The van der Waals surface area contributed by atoms with Crippen LogP contribution in [0.4, 0.5) is 0 Å². The van der Waals surface area contributed by atoms with Gasteiger partial charge in [0.25, 0.3) is 0 Å². The standard InChI is InChI=1S/C15H18O3/c1-8-6-7-15(17)9(2)4-5-11-10(3)14(16)18-13(11)12(8)15/h4,6,11-13,17H,3,5,7H2,1-2H3. The summed E-state index contributed by atoms with van der Waals surface area (Å²) in [6.45, 7) is 7.81. The van der Waals surface area contributed by atoms with Crippen LogP contribution in [0.2, 0.25) is 0 Å². The average molecular weight is 246 g/mol. The Morgan fingerprint density at radius 3 is 2.89 bits per heavy atom. The van der Waals surface area contributed by atoms with Gasteiger partial charge >= 0.3 is 5.97 Å². The lowest BCUT2D eigenvalue weighted by Crippen LogP contribution is -2.43. The van der Waals surface area contributed by atoms with Gasteiger partial charge in [0.15, 0.2) is 0 Å². The van der Waals surface area contributed by atoms with Crippen molar-refractivity contribution in [3.05, 3.63) is 35.5 Å². The number of fused-ring (bicyclic) bond motifs is 3. The van der Waals surface area contributed by atoms with Crippen molar-refractivity contribution < 1.29 is 14.6 Å². The van der Waals surface area contributed by atoms with Crippen LogP contribution in [0.1, 0.15) is 26.7 Å². The van der Waals surface area contributed by atoms with Crippen LogP contribution in [0.5, 0.6) is 0 Å². The van der Waals surface area contributed by atoms with E-state index >= 15 is 0 Å². The Morgan fingerprint density at radius 2 is 2.17 bits per heavy atom. The monoisotopic (exact) mass is 246 g/mol. The third kappa shape index (κ3) is 1.31. The van der Waals surface area contributed by atoms with Gasteiger partial charge in [-0.15, -0.1) is 0 Å². The molecule has 0 radical (unpaired) electrons. The molecule has 3 aliphatic rings. The fraction of sp³-hybridized carbons (Fsp3) is 0.533. The highest BCUT2D eigenvalue weighted by Crippen LogP contribution is 2.50. The predicted octanol–water partition coefficient (Wildman–Crippen LogP) is 2.13. The number of hydrogen-bond donors (Lipinski definition) is 1. The van der Waals surface area contributed by atoms with Gasteiger partial charge in [0.2, 0.25) is 0 Å². The second-order valence-corrected chi connectivity index (χ2v) is 5.68. The maximum absolute atomic E-state index is 11.7. The molecule has 96 valence electrons. The quantitative estimate of drug-likeness (QED) is 0.404. The topological polar surface area (TPSA) is 46.5 Å². The first-order valence-electron chi connectivity index (χ1n) is 6.41. The number of esters is 1. The average Bonchev–Trinajstić information content (AvgIpc) is 2.73. The molecule has 3 heteroatoms. The summed E-state index contributed by atoms with van der Waals surface area (Å²) in [6, 6.07) is 0. The van der Waals surface area contributed by atoms with Crippen LogP contribution < -0.4 is 0 Å². The van der Waals surface area contributed by atoms with Crippen LogP contribution in [-0.2, 0) is 9.53 Å². The molecule has 0 amide bonds. The number of carbonyl (C=O) groups is 1. The van der Waals surface area contributed by atoms with E-state index in [0.29, 0.717) is 12.0 Å². The number of aliphatic hydroxyl groups is 1. The Balaban J connectivity index is 2.09. The summed E-state index contributed by atoms with van der Waals surface area (Å²) < 4.78 is 5.48. The van der Waals surface area contributed by atoms with E-state index in [4.69, 9.17) is 4.74 Å². The first kappa shape index (κ1) is 11.7. The van der Waals surface area contributed by atoms with Gasteiger partial charge in [-0.1, -0.05) is 24.3 Å². The molecule has 1 N–H and O–H groups in total. The van der Waals surface area contributed by atoms with E-state index in [0.717, 1.165) is 17.6 Å². The summed E-state index contributed by atoms with van der Waals surface area (Å²) in [4.78, 5) is 11.7. The van der Waals surface area contributed by atoms with Crippen molar-refractivity contribution >= 4 is 5.97 Å². The third-order valence-corrected chi connectivity index (χ3v) is 4.78. The second-order valence-electron chi connectivity index (χ2n) is 5.68. The fourth-order valence-electron chi connectivity index (χ4n) is 3.57. The molecule has 0 aromatic rings. The number of ether oxygens (including phenoxy) is 1. The molecular formula is C15H18O3. The molecule has 0 saturated carbocycles. The number of hydrogen-bond acceptors (Lipinski definition) is 3. The molecule has 2 aliphatic carbocycles. The van der Waals surface area contributed by atoms with Crippen molar-refractivity contribution in [1.82, 2.24) is 0 Å².